The van der Waals surface area contributed by atoms with E-state index in [1.165, 1.54) is 5.56 Å². The van der Waals surface area contributed by atoms with E-state index in [2.05, 4.69) is 75.8 Å². The van der Waals surface area contributed by atoms with Crippen LogP contribution in [0.1, 0.15) is 79.3 Å². The minimum absolute atomic E-state index is 0.0445. The van der Waals surface area contributed by atoms with Crippen LogP contribution in [0, 0.1) is 34.0 Å². The van der Waals surface area contributed by atoms with Crippen molar-refractivity contribution < 1.29 is 29.2 Å². The Morgan fingerprint density at radius 1 is 1.05 bits per heavy atom. The summed E-state index contributed by atoms with van der Waals surface area (Å²) in [6.07, 6.45) is 1.25. The quantitative estimate of drug-likeness (QED) is 0.480. The third kappa shape index (κ3) is 3.20. The van der Waals surface area contributed by atoms with Gasteiger partial charge in [-0.15, -0.1) is 5.10 Å². The highest BCUT2D eigenvalue weighted by molar-refractivity contribution is 6.05. The van der Waals surface area contributed by atoms with Gasteiger partial charge in [-0.25, -0.2) is 4.68 Å². The molecule has 4 saturated carbocycles. The molecule has 9 rings (SSSR count). The molecule has 1 aromatic heterocycles. The van der Waals surface area contributed by atoms with E-state index in [1.54, 1.807) is 4.68 Å². The molecule has 7 fully saturated rings. The monoisotopic (exact) mass is 603 g/mol. The molecule has 4 heterocycles. The molecular weight excluding hydrogens is 558 g/mol. The molecule has 44 heavy (non-hydrogen) atoms. The average Bonchev–Trinajstić information content (AvgIpc) is 3.47. The van der Waals surface area contributed by atoms with Crippen LogP contribution in [0.3, 0.4) is 0 Å². The summed E-state index contributed by atoms with van der Waals surface area (Å²) in [5.41, 5.74) is 0.816. The van der Waals surface area contributed by atoms with Gasteiger partial charge >= 0.3 is 0 Å². The van der Waals surface area contributed by atoms with E-state index in [-0.39, 0.29) is 35.6 Å². The Hall–Kier alpha value is -2.43. The second-order valence-corrected chi connectivity index (χ2v) is 16.6. The van der Waals surface area contributed by atoms with Crippen molar-refractivity contribution in [2.45, 2.75) is 109 Å². The van der Waals surface area contributed by atoms with Gasteiger partial charge < -0.3 is 24.4 Å². The highest BCUT2D eigenvalue weighted by atomic mass is 16.8. The Balaban J connectivity index is 1.24. The van der Waals surface area contributed by atoms with Gasteiger partial charge in [-0.2, -0.15) is 0 Å². The molecular formula is C35H45N3O6. The fourth-order valence-electron chi connectivity index (χ4n) is 11.0. The number of carbonyl (C=O) groups excluding carboxylic acids is 1. The molecule has 0 radical (unpaired) electrons. The van der Waals surface area contributed by atoms with Crippen LogP contribution in [-0.4, -0.2) is 67.5 Å². The molecule has 4 aliphatic carbocycles. The largest absolute Gasteiger partial charge is 0.390 e. The lowest BCUT2D eigenvalue weighted by atomic mass is 9.35. The maximum Gasteiger partial charge on any atom is 0.213 e. The Morgan fingerprint density at radius 2 is 1.75 bits per heavy atom. The van der Waals surface area contributed by atoms with Crippen molar-refractivity contribution in [2.75, 3.05) is 6.61 Å². The summed E-state index contributed by atoms with van der Waals surface area (Å²) in [4.78, 5) is 14.5. The molecule has 0 amide bonds. The first-order valence-corrected chi connectivity index (χ1v) is 16.2. The van der Waals surface area contributed by atoms with Crippen molar-refractivity contribution in [3.8, 4) is 11.3 Å². The molecule has 2 N–H and O–H groups in total. The summed E-state index contributed by atoms with van der Waals surface area (Å²) >= 11 is 0. The van der Waals surface area contributed by atoms with E-state index >= 15 is 0 Å². The van der Waals surface area contributed by atoms with Gasteiger partial charge in [0.2, 0.25) is 5.79 Å². The van der Waals surface area contributed by atoms with Gasteiger partial charge in [0.25, 0.3) is 0 Å². The Bertz CT molecular complexity index is 1570. The van der Waals surface area contributed by atoms with Crippen molar-refractivity contribution in [1.29, 1.82) is 0 Å². The van der Waals surface area contributed by atoms with Gasteiger partial charge in [-0.1, -0.05) is 70.7 Å². The number of aliphatic hydroxyl groups excluding tert-OH is 2. The SMILES string of the molecule is C=C1C(=O)[C@@]23[C@@H]4OC(C)(C)OC25OC[C@]2([C@H](O)[C@@H](n6cc(-c7ccc(C(C)(C)C)cc7)nn6)CC(C)(C)[C@H]2[C@@H]5O)[C@@H]3CC[C@@H]14. The molecule has 3 saturated heterocycles. The van der Waals surface area contributed by atoms with Crippen LogP contribution < -0.4 is 0 Å². The summed E-state index contributed by atoms with van der Waals surface area (Å²) in [7, 11) is 0. The molecule has 236 valence electrons. The maximum atomic E-state index is 14.5. The van der Waals surface area contributed by atoms with Crippen LogP contribution in [0.5, 0.6) is 0 Å². The van der Waals surface area contributed by atoms with Crippen molar-refractivity contribution >= 4 is 5.78 Å². The number of benzene rings is 1. The van der Waals surface area contributed by atoms with E-state index in [0.29, 0.717) is 18.4 Å². The minimum atomic E-state index is -1.57. The molecule has 3 aliphatic heterocycles. The zero-order valence-electron chi connectivity index (χ0n) is 26.8. The zero-order chi connectivity index (χ0) is 31.4. The molecule has 4 bridgehead atoms. The van der Waals surface area contributed by atoms with Crippen molar-refractivity contribution in [3.63, 3.8) is 0 Å². The summed E-state index contributed by atoms with van der Waals surface area (Å²) in [5.74, 6) is -3.67. The fourth-order valence-corrected chi connectivity index (χ4v) is 11.0. The van der Waals surface area contributed by atoms with Crippen LogP contribution in [0.4, 0.5) is 0 Å². The second kappa shape index (κ2) is 8.48. The number of hydrogen-bond donors (Lipinski definition) is 2. The number of ether oxygens (including phenoxy) is 3. The van der Waals surface area contributed by atoms with E-state index in [1.807, 2.05) is 20.0 Å². The topological polar surface area (TPSA) is 116 Å². The lowest BCUT2D eigenvalue weighted by Crippen LogP contribution is -2.89. The Labute approximate surface area is 259 Å². The van der Waals surface area contributed by atoms with Gasteiger partial charge in [-0.05, 0) is 61.0 Å². The summed E-state index contributed by atoms with van der Waals surface area (Å²) in [6.45, 7) is 18.9. The zero-order valence-corrected chi connectivity index (χ0v) is 26.8. The van der Waals surface area contributed by atoms with Gasteiger partial charge in [0.05, 0.1) is 31.1 Å². The van der Waals surface area contributed by atoms with Crippen molar-refractivity contribution in [2.24, 2.45) is 34.0 Å². The van der Waals surface area contributed by atoms with E-state index in [0.717, 1.165) is 17.7 Å². The van der Waals surface area contributed by atoms with Crippen molar-refractivity contribution in [1.82, 2.24) is 15.0 Å². The predicted molar refractivity (Wildman–Crippen MR) is 161 cm³/mol. The second-order valence-electron chi connectivity index (χ2n) is 16.6. The number of fused-ring (bicyclic) bond motifs is 1. The molecule has 10 atom stereocenters. The highest BCUT2D eigenvalue weighted by Gasteiger charge is 2.90. The van der Waals surface area contributed by atoms with E-state index in [9.17, 15) is 15.0 Å². The third-order valence-electron chi connectivity index (χ3n) is 12.5. The molecule has 9 nitrogen and oxygen atoms in total. The normalized spacial score (nSPS) is 44.8. The van der Waals surface area contributed by atoms with E-state index < -0.39 is 52.2 Å². The number of carbonyl (C=O) groups is 1. The Kier molecular flexibility index (Phi) is 5.59. The molecule has 1 unspecified atom stereocenters. The van der Waals surface area contributed by atoms with E-state index in [4.69, 9.17) is 14.2 Å². The Morgan fingerprint density at radius 3 is 2.43 bits per heavy atom. The minimum Gasteiger partial charge on any atom is -0.390 e. The first-order chi connectivity index (χ1) is 20.5. The van der Waals surface area contributed by atoms with Crippen LogP contribution >= 0.6 is 0 Å². The number of aliphatic hydroxyl groups is 2. The smallest absolute Gasteiger partial charge is 0.213 e. The number of Topliss-reactive ketones (excluding diaryl/α,β-unsaturated/α-hetero) is 1. The van der Waals surface area contributed by atoms with Crippen LogP contribution in [0.15, 0.2) is 42.6 Å². The number of nitrogens with zero attached hydrogens (tertiary/aromatic N) is 3. The lowest BCUT2D eigenvalue weighted by molar-refractivity contribution is -0.536. The lowest BCUT2D eigenvalue weighted by Gasteiger charge is -2.78. The van der Waals surface area contributed by atoms with Crippen LogP contribution in [0.25, 0.3) is 11.3 Å². The number of ketones is 1. The summed E-state index contributed by atoms with van der Waals surface area (Å²) in [6, 6.07) is 7.95. The standard InChI is InChI=1S/C35H45N3O6/c1-18-21-13-14-24-33-17-42-35(34(24,26(18)39)29(21)43-32(7,8)44-35)28(41)25(33)31(5,6)15-23(27(33)40)38-16-22(36-37-38)19-9-11-20(12-10-19)30(2,3)4/h9-12,16,21,23-25,27-29,40-41H,1,13-15,17H2,2-8H3/t21-,23-,24-,25+,27+,28-,29+,33-,34-,35?/m0/s1. The molecule has 9 heteroatoms. The molecule has 3 spiro atoms. The van der Waals surface area contributed by atoms with Crippen molar-refractivity contribution in [3.05, 3.63) is 48.2 Å². The maximum absolute atomic E-state index is 14.5. The van der Waals surface area contributed by atoms with Crippen LogP contribution in [-0.2, 0) is 24.4 Å². The number of aromatic nitrogens is 3. The first-order valence-electron chi connectivity index (χ1n) is 16.2. The molecule has 1 aromatic carbocycles. The highest BCUT2D eigenvalue weighted by Crippen LogP contribution is 2.79. The number of rotatable bonds is 2. The summed E-state index contributed by atoms with van der Waals surface area (Å²) in [5, 5.41) is 34.2. The molecule has 2 aromatic rings. The van der Waals surface area contributed by atoms with Gasteiger partial charge in [0.1, 0.15) is 17.2 Å². The first kappa shape index (κ1) is 29.0. The van der Waals surface area contributed by atoms with Crippen LogP contribution in [0.2, 0.25) is 0 Å². The van der Waals surface area contributed by atoms with Gasteiger partial charge in [0.15, 0.2) is 11.6 Å². The predicted octanol–water partition coefficient (Wildman–Crippen LogP) is 4.58. The fraction of sp³-hybridized carbons (Fsp3) is 0.686. The third-order valence-corrected chi connectivity index (χ3v) is 12.5. The average molecular weight is 604 g/mol. The van der Waals surface area contributed by atoms with Gasteiger partial charge in [0, 0.05) is 22.8 Å². The number of hydrogen-bond acceptors (Lipinski definition) is 8. The van der Waals surface area contributed by atoms with Gasteiger partial charge in [-0.3, -0.25) is 4.79 Å². The summed E-state index contributed by atoms with van der Waals surface area (Å²) < 4.78 is 21.7. The molecule has 7 aliphatic rings.